The summed E-state index contributed by atoms with van der Waals surface area (Å²) in [5, 5.41) is 11.4. The molecule has 0 aromatic heterocycles. The summed E-state index contributed by atoms with van der Waals surface area (Å²) in [5.74, 6) is -0.668. The topological polar surface area (TPSA) is 49.8 Å². The first-order chi connectivity index (χ1) is 12.6. The number of carbonyl (C=O) groups excluding carboxylic acids is 1. The van der Waals surface area contributed by atoms with Crippen LogP contribution in [0.25, 0.3) is 0 Å². The Balaban J connectivity index is 1.79. The van der Waals surface area contributed by atoms with Gasteiger partial charge in [-0.3, -0.25) is 0 Å². The summed E-state index contributed by atoms with van der Waals surface area (Å²) in [4.78, 5) is 15.0. The lowest BCUT2D eigenvalue weighted by molar-refractivity contribution is -0.170. The number of rotatable bonds is 6. The number of benzene rings is 2. The van der Waals surface area contributed by atoms with Gasteiger partial charge in [-0.2, -0.15) is 0 Å². The van der Waals surface area contributed by atoms with E-state index in [0.717, 1.165) is 0 Å². The van der Waals surface area contributed by atoms with E-state index in [1.54, 1.807) is 48.5 Å². The lowest BCUT2D eigenvalue weighted by atomic mass is 9.86. The SMILES string of the molecule is O=C(OC1CCN(CCF)CC1)C(O)(c1ccccc1)c1ccccc1. The van der Waals surface area contributed by atoms with E-state index in [2.05, 4.69) is 0 Å². The zero-order valence-electron chi connectivity index (χ0n) is 14.7. The molecule has 2 aromatic carbocycles. The van der Waals surface area contributed by atoms with Crippen LogP contribution in [0.1, 0.15) is 24.0 Å². The average molecular weight is 357 g/mol. The zero-order chi connectivity index (χ0) is 18.4. The molecule has 1 saturated heterocycles. The number of alkyl halides is 1. The summed E-state index contributed by atoms with van der Waals surface area (Å²) < 4.78 is 18.1. The van der Waals surface area contributed by atoms with Crippen LogP contribution < -0.4 is 0 Å². The molecule has 0 atom stereocenters. The van der Waals surface area contributed by atoms with Gasteiger partial charge < -0.3 is 14.7 Å². The Morgan fingerprint density at radius 2 is 1.54 bits per heavy atom. The van der Waals surface area contributed by atoms with Crippen LogP contribution in [0.3, 0.4) is 0 Å². The lowest BCUT2D eigenvalue weighted by Gasteiger charge is -2.34. The van der Waals surface area contributed by atoms with Crippen LogP contribution in [0.2, 0.25) is 0 Å². The number of hydrogen-bond acceptors (Lipinski definition) is 4. The highest BCUT2D eigenvalue weighted by Crippen LogP contribution is 2.32. The van der Waals surface area contributed by atoms with Crippen molar-refractivity contribution in [2.45, 2.75) is 24.5 Å². The molecule has 0 spiro atoms. The van der Waals surface area contributed by atoms with E-state index in [0.29, 0.717) is 43.6 Å². The molecule has 0 radical (unpaired) electrons. The van der Waals surface area contributed by atoms with E-state index >= 15 is 0 Å². The van der Waals surface area contributed by atoms with Crippen molar-refractivity contribution in [2.75, 3.05) is 26.3 Å². The summed E-state index contributed by atoms with van der Waals surface area (Å²) in [5.41, 5.74) is -0.893. The van der Waals surface area contributed by atoms with E-state index in [1.165, 1.54) is 0 Å². The van der Waals surface area contributed by atoms with Crippen molar-refractivity contribution in [1.29, 1.82) is 0 Å². The van der Waals surface area contributed by atoms with Gasteiger partial charge in [0.15, 0.2) is 0 Å². The van der Waals surface area contributed by atoms with Gasteiger partial charge in [0.1, 0.15) is 12.8 Å². The molecule has 5 heteroatoms. The molecule has 0 unspecified atom stereocenters. The number of aliphatic hydroxyl groups is 1. The molecule has 4 nitrogen and oxygen atoms in total. The number of piperidine rings is 1. The van der Waals surface area contributed by atoms with Gasteiger partial charge in [-0.05, 0) is 24.0 Å². The Morgan fingerprint density at radius 3 is 2.00 bits per heavy atom. The van der Waals surface area contributed by atoms with E-state index in [4.69, 9.17) is 4.74 Å². The van der Waals surface area contributed by atoms with Crippen LogP contribution >= 0.6 is 0 Å². The van der Waals surface area contributed by atoms with Crippen LogP contribution in [-0.4, -0.2) is 48.4 Å². The van der Waals surface area contributed by atoms with Crippen molar-refractivity contribution in [2.24, 2.45) is 0 Å². The van der Waals surface area contributed by atoms with Gasteiger partial charge >= 0.3 is 5.97 Å². The highest BCUT2D eigenvalue weighted by molar-refractivity contribution is 5.85. The molecule has 1 aliphatic rings. The van der Waals surface area contributed by atoms with Crippen LogP contribution in [0.15, 0.2) is 60.7 Å². The minimum absolute atomic E-state index is 0.266. The Kier molecular flexibility index (Phi) is 6.01. The molecule has 138 valence electrons. The van der Waals surface area contributed by atoms with Gasteiger partial charge in [-0.1, -0.05) is 60.7 Å². The zero-order valence-corrected chi connectivity index (χ0v) is 14.7. The quantitative estimate of drug-likeness (QED) is 0.808. The molecule has 0 amide bonds. The molecule has 0 bridgehead atoms. The first-order valence-corrected chi connectivity index (χ1v) is 8.97. The summed E-state index contributed by atoms with van der Waals surface area (Å²) in [6, 6.07) is 17.7. The molecule has 1 heterocycles. The first kappa shape index (κ1) is 18.5. The molecular formula is C21H24FNO3. The standard InChI is InChI=1S/C21H24FNO3/c22-13-16-23-14-11-19(12-15-23)26-20(24)21(25,17-7-3-1-4-8-17)18-9-5-2-6-10-18/h1-10,19,25H,11-16H2. The third kappa shape index (κ3) is 3.94. The fourth-order valence-electron chi connectivity index (χ4n) is 3.37. The molecule has 26 heavy (non-hydrogen) atoms. The molecule has 1 N–H and O–H groups in total. The summed E-state index contributed by atoms with van der Waals surface area (Å²) in [6.45, 7) is 1.43. The Morgan fingerprint density at radius 1 is 1.04 bits per heavy atom. The number of esters is 1. The number of hydrogen-bond donors (Lipinski definition) is 1. The third-order valence-electron chi connectivity index (χ3n) is 4.89. The summed E-state index contributed by atoms with van der Waals surface area (Å²) >= 11 is 0. The van der Waals surface area contributed by atoms with Crippen LogP contribution in [0.4, 0.5) is 4.39 Å². The Hall–Kier alpha value is -2.24. The second-order valence-corrected chi connectivity index (χ2v) is 6.58. The predicted molar refractivity (Wildman–Crippen MR) is 97.4 cm³/mol. The van der Waals surface area contributed by atoms with Gasteiger partial charge in [0.05, 0.1) is 0 Å². The summed E-state index contributed by atoms with van der Waals surface area (Å²) in [7, 11) is 0. The van der Waals surface area contributed by atoms with Crippen LogP contribution in [0.5, 0.6) is 0 Å². The highest BCUT2D eigenvalue weighted by atomic mass is 19.1. The molecule has 0 saturated carbocycles. The van der Waals surface area contributed by atoms with E-state index < -0.39 is 11.6 Å². The first-order valence-electron chi connectivity index (χ1n) is 8.97. The number of nitrogens with zero attached hydrogens (tertiary/aromatic N) is 1. The Bertz CT molecular complexity index is 660. The maximum atomic E-state index is 13.0. The predicted octanol–water partition coefficient (Wildman–Crippen LogP) is 2.90. The highest BCUT2D eigenvalue weighted by Gasteiger charge is 2.42. The molecule has 1 aliphatic heterocycles. The third-order valence-corrected chi connectivity index (χ3v) is 4.89. The smallest absolute Gasteiger partial charge is 0.347 e. The number of likely N-dealkylation sites (tertiary alicyclic amines) is 1. The van der Waals surface area contributed by atoms with Crippen LogP contribution in [-0.2, 0) is 15.1 Å². The number of ether oxygens (including phenoxy) is 1. The monoisotopic (exact) mass is 357 g/mol. The summed E-state index contributed by atoms with van der Waals surface area (Å²) in [6.07, 6.45) is 1.02. The van der Waals surface area contributed by atoms with Gasteiger partial charge in [0, 0.05) is 19.6 Å². The minimum atomic E-state index is -1.85. The van der Waals surface area contributed by atoms with E-state index in [1.807, 2.05) is 17.0 Å². The molecule has 1 fully saturated rings. The van der Waals surface area contributed by atoms with Crippen molar-refractivity contribution in [1.82, 2.24) is 4.90 Å². The second kappa shape index (κ2) is 8.43. The van der Waals surface area contributed by atoms with Crippen molar-refractivity contribution in [3.05, 3.63) is 71.8 Å². The fourth-order valence-corrected chi connectivity index (χ4v) is 3.37. The molecule has 0 aliphatic carbocycles. The van der Waals surface area contributed by atoms with Crippen molar-refractivity contribution < 1.29 is 19.0 Å². The second-order valence-electron chi connectivity index (χ2n) is 6.58. The average Bonchev–Trinajstić information content (AvgIpc) is 2.70. The fraction of sp³-hybridized carbons (Fsp3) is 0.381. The van der Waals surface area contributed by atoms with Gasteiger partial charge in [-0.15, -0.1) is 0 Å². The van der Waals surface area contributed by atoms with Gasteiger partial charge in [0.25, 0.3) is 0 Å². The van der Waals surface area contributed by atoms with Crippen molar-refractivity contribution in [3.63, 3.8) is 0 Å². The van der Waals surface area contributed by atoms with Crippen molar-refractivity contribution in [3.8, 4) is 0 Å². The van der Waals surface area contributed by atoms with Gasteiger partial charge in [0.2, 0.25) is 5.60 Å². The maximum Gasteiger partial charge on any atom is 0.347 e. The molecule has 2 aromatic rings. The maximum absolute atomic E-state index is 13.0. The van der Waals surface area contributed by atoms with Crippen LogP contribution in [0, 0.1) is 0 Å². The normalized spacial score (nSPS) is 16.4. The van der Waals surface area contributed by atoms with Gasteiger partial charge in [-0.25, -0.2) is 9.18 Å². The molecular weight excluding hydrogens is 333 g/mol. The van der Waals surface area contributed by atoms with E-state index in [9.17, 15) is 14.3 Å². The lowest BCUT2D eigenvalue weighted by Crippen LogP contribution is -2.44. The Labute approximate surface area is 153 Å². The van der Waals surface area contributed by atoms with E-state index in [-0.39, 0.29) is 12.8 Å². The van der Waals surface area contributed by atoms with Crippen molar-refractivity contribution >= 4 is 5.97 Å². The largest absolute Gasteiger partial charge is 0.460 e. The minimum Gasteiger partial charge on any atom is -0.460 e. The number of halogens is 1. The number of carbonyl (C=O) groups is 1. The molecule has 3 rings (SSSR count).